The lowest BCUT2D eigenvalue weighted by atomic mass is 10.1. The topological polar surface area (TPSA) is 69.7 Å². The van der Waals surface area contributed by atoms with Crippen molar-refractivity contribution in [1.29, 1.82) is 0 Å². The average Bonchev–Trinajstić information content (AvgIpc) is 3.47. The van der Waals surface area contributed by atoms with E-state index in [-0.39, 0.29) is 28.9 Å². The highest BCUT2D eigenvalue weighted by Crippen LogP contribution is 2.36. The molecule has 2 fully saturated rings. The monoisotopic (exact) mass is 373 g/mol. The lowest BCUT2D eigenvalue weighted by Gasteiger charge is -2.35. The lowest BCUT2D eigenvalue weighted by molar-refractivity contribution is -0.140. The molecule has 138 valence electrons. The number of anilines is 1. The Morgan fingerprint density at radius 1 is 1.15 bits per heavy atom. The number of nitrogens with zero attached hydrogens (tertiary/aromatic N) is 2. The van der Waals surface area contributed by atoms with Crippen LogP contribution in [-0.2, 0) is 20.8 Å². The number of nitrogens with one attached hydrogen (secondary N) is 1. The summed E-state index contributed by atoms with van der Waals surface area (Å²) in [5.74, 6) is 0.576. The second kappa shape index (κ2) is 6.95. The third-order valence-corrected chi connectivity index (χ3v) is 6.38. The first-order valence-corrected chi connectivity index (χ1v) is 10.1. The van der Waals surface area contributed by atoms with Gasteiger partial charge in [0.1, 0.15) is 0 Å². The van der Waals surface area contributed by atoms with Crippen molar-refractivity contribution in [1.82, 2.24) is 9.80 Å². The Labute approximate surface area is 157 Å². The molecule has 1 aromatic carbocycles. The van der Waals surface area contributed by atoms with Crippen LogP contribution in [0.5, 0.6) is 0 Å². The summed E-state index contributed by atoms with van der Waals surface area (Å²) >= 11 is 1.54. The summed E-state index contributed by atoms with van der Waals surface area (Å²) in [7, 11) is 0. The number of thioether (sulfide) groups is 1. The lowest BCUT2D eigenvalue weighted by Crippen LogP contribution is -2.51. The number of hydrogen-bond donors (Lipinski definition) is 1. The van der Waals surface area contributed by atoms with E-state index in [1.807, 2.05) is 34.9 Å². The Bertz CT molecular complexity index is 754. The molecular weight excluding hydrogens is 350 g/mol. The first-order chi connectivity index (χ1) is 12.5. The van der Waals surface area contributed by atoms with E-state index >= 15 is 0 Å². The summed E-state index contributed by atoms with van der Waals surface area (Å²) in [5, 5.41) is 2.82. The Hall–Kier alpha value is -2.02. The number of fused-ring (bicyclic) bond motifs is 1. The summed E-state index contributed by atoms with van der Waals surface area (Å²) in [6.07, 6.45) is 2.35. The van der Waals surface area contributed by atoms with E-state index in [2.05, 4.69) is 5.32 Å². The molecule has 1 atom stereocenters. The molecule has 0 spiro atoms. The Balaban J connectivity index is 1.34. The predicted molar refractivity (Wildman–Crippen MR) is 100.0 cm³/mol. The van der Waals surface area contributed by atoms with Gasteiger partial charge in [-0.1, -0.05) is 6.07 Å². The molecule has 1 aromatic rings. The second-order valence-electron chi connectivity index (χ2n) is 7.24. The summed E-state index contributed by atoms with van der Waals surface area (Å²) < 4.78 is 0. The van der Waals surface area contributed by atoms with E-state index in [9.17, 15) is 14.4 Å². The molecule has 26 heavy (non-hydrogen) atoms. The molecule has 0 aromatic heterocycles. The molecule has 2 heterocycles. The summed E-state index contributed by atoms with van der Waals surface area (Å²) in [6, 6.07) is 5.84. The highest BCUT2D eigenvalue weighted by molar-refractivity contribution is 8.00. The van der Waals surface area contributed by atoms with Crippen LogP contribution >= 0.6 is 11.8 Å². The Morgan fingerprint density at radius 3 is 2.54 bits per heavy atom. The maximum Gasteiger partial charge on any atom is 0.237 e. The molecule has 3 aliphatic rings. The van der Waals surface area contributed by atoms with Gasteiger partial charge in [0.2, 0.25) is 17.7 Å². The predicted octanol–water partition coefficient (Wildman–Crippen LogP) is 1.74. The molecule has 2 aliphatic heterocycles. The fourth-order valence-corrected chi connectivity index (χ4v) is 4.35. The summed E-state index contributed by atoms with van der Waals surface area (Å²) in [5.41, 5.74) is 1.70. The number of hydrogen-bond acceptors (Lipinski definition) is 4. The first kappa shape index (κ1) is 17.4. The number of piperazine rings is 1. The van der Waals surface area contributed by atoms with E-state index in [4.69, 9.17) is 0 Å². The molecule has 1 aliphatic carbocycles. The molecule has 0 radical (unpaired) electrons. The Kier molecular flexibility index (Phi) is 4.65. The van der Waals surface area contributed by atoms with Gasteiger partial charge in [0.15, 0.2) is 0 Å². The maximum atomic E-state index is 12.6. The standard InChI is InChI=1S/C19H23N3O3S/c1-12-18(24)20-15-10-13(2-5-16(15)26-12)11-17(23)21-6-8-22(9-7-21)19(25)14-3-4-14/h2,5,10,12,14H,3-4,6-9,11H2,1H3,(H,20,24). The van der Waals surface area contributed by atoms with E-state index in [1.54, 1.807) is 11.8 Å². The molecule has 7 heteroatoms. The van der Waals surface area contributed by atoms with Gasteiger partial charge in [-0.2, -0.15) is 0 Å². The van der Waals surface area contributed by atoms with Crippen molar-refractivity contribution < 1.29 is 14.4 Å². The van der Waals surface area contributed by atoms with Crippen molar-refractivity contribution in [3.8, 4) is 0 Å². The molecule has 1 saturated heterocycles. The van der Waals surface area contributed by atoms with E-state index in [1.165, 1.54) is 0 Å². The molecular formula is C19H23N3O3S. The van der Waals surface area contributed by atoms with Crippen molar-refractivity contribution >= 4 is 35.2 Å². The van der Waals surface area contributed by atoms with Crippen LogP contribution in [0.2, 0.25) is 0 Å². The fraction of sp³-hybridized carbons (Fsp3) is 0.526. The van der Waals surface area contributed by atoms with Crippen LogP contribution in [0.3, 0.4) is 0 Å². The van der Waals surface area contributed by atoms with Crippen LogP contribution in [-0.4, -0.2) is 59.0 Å². The van der Waals surface area contributed by atoms with Crippen molar-refractivity contribution in [2.45, 2.75) is 36.3 Å². The van der Waals surface area contributed by atoms with Crippen LogP contribution in [0, 0.1) is 5.92 Å². The number of carbonyl (C=O) groups is 3. The third-order valence-electron chi connectivity index (χ3n) is 5.20. The highest BCUT2D eigenvalue weighted by Gasteiger charge is 2.35. The van der Waals surface area contributed by atoms with Gasteiger partial charge in [-0.25, -0.2) is 0 Å². The van der Waals surface area contributed by atoms with Crippen molar-refractivity contribution in [3.63, 3.8) is 0 Å². The first-order valence-electron chi connectivity index (χ1n) is 9.18. The number of amides is 3. The summed E-state index contributed by atoms with van der Waals surface area (Å²) in [6.45, 7) is 4.36. The maximum absolute atomic E-state index is 12.6. The average molecular weight is 373 g/mol. The van der Waals surface area contributed by atoms with Gasteiger partial charge >= 0.3 is 0 Å². The quantitative estimate of drug-likeness (QED) is 0.876. The van der Waals surface area contributed by atoms with Gasteiger partial charge in [-0.15, -0.1) is 11.8 Å². The zero-order valence-corrected chi connectivity index (χ0v) is 15.7. The van der Waals surface area contributed by atoms with Gasteiger partial charge in [0, 0.05) is 37.0 Å². The minimum atomic E-state index is -0.0929. The van der Waals surface area contributed by atoms with E-state index in [0.29, 0.717) is 32.6 Å². The van der Waals surface area contributed by atoms with Crippen LogP contribution in [0.15, 0.2) is 23.1 Å². The van der Waals surface area contributed by atoms with Gasteiger partial charge < -0.3 is 15.1 Å². The zero-order chi connectivity index (χ0) is 18.3. The Morgan fingerprint density at radius 2 is 1.85 bits per heavy atom. The molecule has 1 N–H and O–H groups in total. The molecule has 3 amide bonds. The van der Waals surface area contributed by atoms with Crippen LogP contribution in [0.4, 0.5) is 5.69 Å². The third kappa shape index (κ3) is 3.58. The van der Waals surface area contributed by atoms with Crippen molar-refractivity contribution in [3.05, 3.63) is 23.8 Å². The minimum Gasteiger partial charge on any atom is -0.339 e. The molecule has 4 rings (SSSR count). The van der Waals surface area contributed by atoms with Gasteiger partial charge in [-0.05, 0) is 37.5 Å². The van der Waals surface area contributed by atoms with E-state index < -0.39 is 0 Å². The smallest absolute Gasteiger partial charge is 0.237 e. The number of carbonyl (C=O) groups excluding carboxylic acids is 3. The molecule has 6 nitrogen and oxygen atoms in total. The molecule has 0 bridgehead atoms. The largest absolute Gasteiger partial charge is 0.339 e. The van der Waals surface area contributed by atoms with Crippen LogP contribution in [0.25, 0.3) is 0 Å². The fourth-order valence-electron chi connectivity index (χ4n) is 3.42. The van der Waals surface area contributed by atoms with E-state index in [0.717, 1.165) is 29.0 Å². The van der Waals surface area contributed by atoms with Crippen LogP contribution < -0.4 is 5.32 Å². The zero-order valence-electron chi connectivity index (χ0n) is 14.9. The van der Waals surface area contributed by atoms with Gasteiger partial charge in [0.05, 0.1) is 17.4 Å². The molecule has 1 saturated carbocycles. The number of rotatable bonds is 3. The van der Waals surface area contributed by atoms with Gasteiger partial charge in [-0.3, -0.25) is 14.4 Å². The van der Waals surface area contributed by atoms with Crippen molar-refractivity contribution in [2.75, 3.05) is 31.5 Å². The van der Waals surface area contributed by atoms with Crippen molar-refractivity contribution in [2.24, 2.45) is 5.92 Å². The summed E-state index contributed by atoms with van der Waals surface area (Å²) in [4.78, 5) is 41.3. The van der Waals surface area contributed by atoms with Crippen LogP contribution in [0.1, 0.15) is 25.3 Å². The number of benzene rings is 1. The van der Waals surface area contributed by atoms with Gasteiger partial charge in [0.25, 0.3) is 0 Å². The minimum absolute atomic E-state index is 0.00225. The second-order valence-corrected chi connectivity index (χ2v) is 8.62. The highest BCUT2D eigenvalue weighted by atomic mass is 32.2. The molecule has 1 unspecified atom stereocenters. The normalized spacial score (nSPS) is 22.7. The SMILES string of the molecule is CC1Sc2ccc(CC(=O)N3CCN(C(=O)C4CC4)CC3)cc2NC1=O.